The van der Waals surface area contributed by atoms with E-state index >= 15 is 0 Å². The molecule has 0 aliphatic rings. The maximum absolute atomic E-state index is 11.7. The molecule has 1 heterocycles. The zero-order chi connectivity index (χ0) is 15.4. The molecule has 3 N–H and O–H groups in total. The Morgan fingerprint density at radius 3 is 2.86 bits per heavy atom. The summed E-state index contributed by atoms with van der Waals surface area (Å²) in [5.41, 5.74) is 4.05. The highest BCUT2D eigenvalue weighted by atomic mass is 127. The number of hydrogen-bond acceptors (Lipinski definition) is 5. The molecule has 110 valence electrons. The number of hydrogen-bond donors (Lipinski definition) is 3. The van der Waals surface area contributed by atoms with Gasteiger partial charge in [0, 0.05) is 5.69 Å². The Balaban J connectivity index is 2.06. The third-order valence-corrected chi connectivity index (χ3v) is 3.37. The second-order valence-corrected chi connectivity index (χ2v) is 5.35. The first-order valence-electron chi connectivity index (χ1n) is 5.93. The number of hydrazone groups is 1. The first-order valence-corrected chi connectivity index (χ1v) is 7.01. The average molecular weight is 400 g/mol. The number of halogens is 1. The Morgan fingerprint density at radius 1 is 1.52 bits per heavy atom. The Bertz CT molecular complexity index is 673. The van der Waals surface area contributed by atoms with Crippen LogP contribution in [0.1, 0.15) is 21.7 Å². The molecule has 0 unspecified atom stereocenters. The van der Waals surface area contributed by atoms with Crippen LogP contribution in [0.4, 0.5) is 0 Å². The lowest BCUT2D eigenvalue weighted by Crippen LogP contribution is -2.18. The van der Waals surface area contributed by atoms with Gasteiger partial charge in [-0.2, -0.15) is 10.2 Å². The van der Waals surface area contributed by atoms with Crippen LogP contribution in [-0.2, 0) is 0 Å². The predicted molar refractivity (Wildman–Crippen MR) is 85.8 cm³/mol. The van der Waals surface area contributed by atoms with E-state index in [4.69, 9.17) is 4.74 Å². The quantitative estimate of drug-likeness (QED) is 0.414. The van der Waals surface area contributed by atoms with Crippen molar-refractivity contribution in [2.24, 2.45) is 5.10 Å². The van der Waals surface area contributed by atoms with Crippen molar-refractivity contribution < 1.29 is 14.6 Å². The summed E-state index contributed by atoms with van der Waals surface area (Å²) in [5, 5.41) is 20.1. The van der Waals surface area contributed by atoms with Crippen LogP contribution >= 0.6 is 22.6 Å². The summed E-state index contributed by atoms with van der Waals surface area (Å²) in [6, 6.07) is 4.88. The number of H-pyrrole nitrogens is 1. The van der Waals surface area contributed by atoms with Crippen molar-refractivity contribution in [3.63, 3.8) is 0 Å². The van der Waals surface area contributed by atoms with E-state index in [1.807, 2.05) is 22.6 Å². The van der Waals surface area contributed by atoms with Gasteiger partial charge in [0.05, 0.1) is 16.9 Å². The van der Waals surface area contributed by atoms with E-state index in [0.29, 0.717) is 11.3 Å². The summed E-state index contributed by atoms with van der Waals surface area (Å²) in [5.74, 6) is 0.00640. The number of aryl methyl sites for hydroxylation is 1. The van der Waals surface area contributed by atoms with Crippen molar-refractivity contribution >= 4 is 34.7 Å². The van der Waals surface area contributed by atoms with E-state index in [-0.39, 0.29) is 11.4 Å². The maximum Gasteiger partial charge on any atom is 0.291 e. The number of ether oxygens (including phenoxy) is 1. The van der Waals surface area contributed by atoms with E-state index in [2.05, 4.69) is 20.7 Å². The molecule has 0 spiro atoms. The molecule has 0 aliphatic carbocycles. The fraction of sp³-hybridized carbons (Fsp3) is 0.154. The Hall–Kier alpha value is -2.10. The van der Waals surface area contributed by atoms with Gasteiger partial charge in [0.1, 0.15) is 0 Å². The highest BCUT2D eigenvalue weighted by molar-refractivity contribution is 14.1. The predicted octanol–water partition coefficient (Wildman–Crippen LogP) is 1.80. The van der Waals surface area contributed by atoms with Gasteiger partial charge in [0.15, 0.2) is 17.2 Å². The molecule has 21 heavy (non-hydrogen) atoms. The molecule has 2 rings (SSSR count). The Kier molecular flexibility index (Phi) is 4.78. The van der Waals surface area contributed by atoms with Crippen molar-refractivity contribution in [2.45, 2.75) is 6.92 Å². The summed E-state index contributed by atoms with van der Waals surface area (Å²) >= 11 is 2.04. The van der Waals surface area contributed by atoms with E-state index < -0.39 is 5.91 Å². The molecular weight excluding hydrogens is 387 g/mol. The summed E-state index contributed by atoms with van der Waals surface area (Å²) in [6.07, 6.45) is 1.43. The SMILES string of the molecule is COc1c(O)cc(/C=N/NC(=O)c2cc(C)[nH]n2)cc1I. The lowest BCUT2D eigenvalue weighted by Gasteiger charge is -2.06. The van der Waals surface area contributed by atoms with Crippen LogP contribution in [0.3, 0.4) is 0 Å². The maximum atomic E-state index is 11.7. The van der Waals surface area contributed by atoms with Crippen molar-refractivity contribution in [3.05, 3.63) is 38.7 Å². The van der Waals surface area contributed by atoms with Gasteiger partial charge in [-0.15, -0.1) is 0 Å². The fourth-order valence-corrected chi connectivity index (χ4v) is 2.49. The number of aromatic amines is 1. The first-order chi connectivity index (χ1) is 10.0. The third-order valence-electron chi connectivity index (χ3n) is 2.57. The molecule has 0 fully saturated rings. The zero-order valence-corrected chi connectivity index (χ0v) is 13.5. The number of phenolic OH excluding ortho intramolecular Hbond substituents is 1. The van der Waals surface area contributed by atoms with E-state index in [1.165, 1.54) is 19.4 Å². The minimum Gasteiger partial charge on any atom is -0.504 e. The molecular formula is C13H13IN4O3. The standard InChI is InChI=1S/C13H13IN4O3/c1-7-3-10(17-16-7)13(20)18-15-6-8-4-9(14)12(21-2)11(19)5-8/h3-6,19H,1-2H3,(H,16,17)(H,18,20)/b15-6+. The van der Waals surface area contributed by atoms with Crippen LogP contribution in [-0.4, -0.2) is 34.5 Å². The van der Waals surface area contributed by atoms with Crippen molar-refractivity contribution in [1.29, 1.82) is 0 Å². The van der Waals surface area contributed by atoms with Crippen LogP contribution in [0.15, 0.2) is 23.3 Å². The van der Waals surface area contributed by atoms with Crippen molar-refractivity contribution in [2.75, 3.05) is 7.11 Å². The van der Waals surface area contributed by atoms with Gasteiger partial charge >= 0.3 is 0 Å². The van der Waals surface area contributed by atoms with Gasteiger partial charge in [0.25, 0.3) is 5.91 Å². The van der Waals surface area contributed by atoms with Gasteiger partial charge in [-0.25, -0.2) is 5.43 Å². The monoisotopic (exact) mass is 400 g/mol. The molecule has 8 heteroatoms. The summed E-state index contributed by atoms with van der Waals surface area (Å²) in [4.78, 5) is 11.7. The number of amides is 1. The molecule has 0 saturated carbocycles. The summed E-state index contributed by atoms with van der Waals surface area (Å²) in [6.45, 7) is 1.80. The second kappa shape index (κ2) is 6.57. The molecule has 0 saturated heterocycles. The number of aromatic nitrogens is 2. The number of carbonyl (C=O) groups is 1. The van der Waals surface area contributed by atoms with Gasteiger partial charge < -0.3 is 9.84 Å². The van der Waals surface area contributed by atoms with Gasteiger partial charge in [-0.1, -0.05) is 0 Å². The molecule has 1 aromatic carbocycles. The largest absolute Gasteiger partial charge is 0.504 e. The van der Waals surface area contributed by atoms with Gasteiger partial charge in [-0.05, 0) is 53.3 Å². The van der Waals surface area contributed by atoms with E-state index in [0.717, 1.165) is 9.26 Å². The number of aromatic hydroxyl groups is 1. The molecule has 2 aromatic rings. The van der Waals surface area contributed by atoms with Gasteiger partial charge in [-0.3, -0.25) is 9.89 Å². The van der Waals surface area contributed by atoms with E-state index in [1.54, 1.807) is 19.1 Å². The summed E-state index contributed by atoms with van der Waals surface area (Å²) in [7, 11) is 1.48. The van der Waals surface area contributed by atoms with Crippen LogP contribution < -0.4 is 10.2 Å². The Morgan fingerprint density at radius 2 is 2.29 bits per heavy atom. The zero-order valence-electron chi connectivity index (χ0n) is 11.3. The minimum absolute atomic E-state index is 0.0140. The number of carbonyl (C=O) groups excluding carboxylic acids is 1. The molecule has 7 nitrogen and oxygen atoms in total. The normalized spacial score (nSPS) is 10.8. The average Bonchev–Trinajstić information content (AvgIpc) is 2.85. The number of nitrogens with one attached hydrogen (secondary N) is 2. The highest BCUT2D eigenvalue weighted by Crippen LogP contribution is 2.31. The van der Waals surface area contributed by atoms with Crippen LogP contribution in [0.5, 0.6) is 11.5 Å². The van der Waals surface area contributed by atoms with Crippen molar-refractivity contribution in [1.82, 2.24) is 15.6 Å². The van der Waals surface area contributed by atoms with Crippen LogP contribution in [0, 0.1) is 10.5 Å². The molecule has 0 aliphatic heterocycles. The highest BCUT2D eigenvalue weighted by Gasteiger charge is 2.09. The number of phenols is 1. The van der Waals surface area contributed by atoms with Crippen molar-refractivity contribution in [3.8, 4) is 11.5 Å². The lowest BCUT2D eigenvalue weighted by atomic mass is 10.2. The fourth-order valence-electron chi connectivity index (χ4n) is 1.63. The number of benzene rings is 1. The number of rotatable bonds is 4. The topological polar surface area (TPSA) is 99.6 Å². The summed E-state index contributed by atoms with van der Waals surface area (Å²) < 4.78 is 5.79. The molecule has 1 aromatic heterocycles. The molecule has 0 bridgehead atoms. The number of methoxy groups -OCH3 is 1. The molecule has 0 atom stereocenters. The lowest BCUT2D eigenvalue weighted by molar-refractivity contribution is 0.0950. The van der Waals surface area contributed by atoms with Crippen LogP contribution in [0.25, 0.3) is 0 Å². The van der Waals surface area contributed by atoms with Gasteiger partial charge in [0.2, 0.25) is 0 Å². The first kappa shape index (κ1) is 15.3. The van der Waals surface area contributed by atoms with E-state index in [9.17, 15) is 9.90 Å². The molecule has 0 radical (unpaired) electrons. The molecule has 1 amide bonds. The third kappa shape index (κ3) is 3.72. The second-order valence-electron chi connectivity index (χ2n) is 4.19. The minimum atomic E-state index is -0.414. The smallest absolute Gasteiger partial charge is 0.291 e. The Labute approximate surface area is 134 Å². The number of nitrogens with zero attached hydrogens (tertiary/aromatic N) is 2. The van der Waals surface area contributed by atoms with Crippen LogP contribution in [0.2, 0.25) is 0 Å².